The average molecular weight is 414 g/mol. The van der Waals surface area contributed by atoms with Crippen LogP contribution in [0.5, 0.6) is 5.75 Å². The van der Waals surface area contributed by atoms with E-state index in [0.717, 1.165) is 35.0 Å². The van der Waals surface area contributed by atoms with Gasteiger partial charge in [-0.05, 0) is 67.1 Å². The summed E-state index contributed by atoms with van der Waals surface area (Å²) in [5.74, 6) is 0.0825. The van der Waals surface area contributed by atoms with Gasteiger partial charge >= 0.3 is 5.97 Å². The van der Waals surface area contributed by atoms with Crippen LogP contribution in [0.2, 0.25) is 0 Å². The number of hydrogen-bond donors (Lipinski definition) is 1. The van der Waals surface area contributed by atoms with Crippen LogP contribution in [0.1, 0.15) is 30.0 Å². The minimum absolute atomic E-state index is 0.168. The fraction of sp³-hybridized carbons (Fsp3) is 0.222. The maximum atomic E-state index is 11.8. The number of esters is 1. The van der Waals surface area contributed by atoms with Crippen LogP contribution in [-0.2, 0) is 28.8 Å². The van der Waals surface area contributed by atoms with Crippen molar-refractivity contribution in [2.24, 2.45) is 0 Å². The van der Waals surface area contributed by atoms with Gasteiger partial charge in [-0.1, -0.05) is 48.5 Å². The van der Waals surface area contributed by atoms with E-state index in [-0.39, 0.29) is 11.7 Å². The van der Waals surface area contributed by atoms with E-state index < -0.39 is 0 Å². The van der Waals surface area contributed by atoms with Crippen molar-refractivity contribution < 1.29 is 14.6 Å². The molecule has 31 heavy (non-hydrogen) atoms. The molecule has 0 radical (unpaired) electrons. The summed E-state index contributed by atoms with van der Waals surface area (Å²) < 4.78 is 7.12. The van der Waals surface area contributed by atoms with Crippen LogP contribution in [0.25, 0.3) is 16.6 Å². The molecule has 0 saturated carbocycles. The third-order valence-corrected chi connectivity index (χ3v) is 5.54. The number of carbonyl (C=O) groups is 1. The molecule has 0 spiro atoms. The Morgan fingerprint density at radius 2 is 1.68 bits per heavy atom. The number of phenolic OH excluding ortho intramolecular Hbond substituents is 1. The molecule has 0 saturated heterocycles. The Morgan fingerprint density at radius 1 is 0.903 bits per heavy atom. The topological polar surface area (TPSA) is 51.5 Å². The number of nitrogens with zero attached hydrogens (tertiary/aromatic N) is 1. The third-order valence-electron chi connectivity index (χ3n) is 5.54. The molecule has 4 rings (SSSR count). The molecule has 0 bridgehead atoms. The quantitative estimate of drug-likeness (QED) is 0.382. The highest BCUT2D eigenvalue weighted by molar-refractivity contribution is 5.87. The van der Waals surface area contributed by atoms with E-state index >= 15 is 0 Å². The SMILES string of the molecule is CCOC(=O)CCc1ccc2c(c1)c(CCc1ccccc1)cn2-c1ccccc1O. The molecule has 1 heterocycles. The second-order valence-corrected chi connectivity index (χ2v) is 7.66. The van der Waals surface area contributed by atoms with Gasteiger partial charge < -0.3 is 14.4 Å². The van der Waals surface area contributed by atoms with Crippen molar-refractivity contribution in [2.75, 3.05) is 6.61 Å². The molecule has 1 aromatic heterocycles. The maximum Gasteiger partial charge on any atom is 0.306 e. The highest BCUT2D eigenvalue weighted by Gasteiger charge is 2.14. The molecular formula is C27H27NO3. The Morgan fingerprint density at radius 3 is 2.45 bits per heavy atom. The van der Waals surface area contributed by atoms with Crippen LogP contribution in [0.3, 0.4) is 0 Å². The van der Waals surface area contributed by atoms with Crippen LogP contribution in [0.15, 0.2) is 79.0 Å². The molecule has 1 N–H and O–H groups in total. The standard InChI is InChI=1S/C27H27NO3/c1-2-31-27(30)17-14-21-13-16-24-23(18-21)22(15-12-20-8-4-3-5-9-20)19-28(24)25-10-6-7-11-26(25)29/h3-11,13,16,18-19,29H,2,12,14-15,17H2,1H3. The van der Waals surface area contributed by atoms with Gasteiger partial charge in [0.25, 0.3) is 0 Å². The molecule has 4 heteroatoms. The molecular weight excluding hydrogens is 386 g/mol. The molecule has 4 aromatic rings. The number of rotatable bonds is 8. The van der Waals surface area contributed by atoms with Crippen molar-refractivity contribution in [1.82, 2.24) is 4.57 Å². The maximum absolute atomic E-state index is 11.8. The molecule has 0 aliphatic rings. The van der Waals surface area contributed by atoms with Crippen LogP contribution >= 0.6 is 0 Å². The average Bonchev–Trinajstić information content (AvgIpc) is 3.15. The summed E-state index contributed by atoms with van der Waals surface area (Å²) >= 11 is 0. The number of benzene rings is 3. The third kappa shape index (κ3) is 4.80. The van der Waals surface area contributed by atoms with E-state index in [1.165, 1.54) is 11.1 Å². The van der Waals surface area contributed by atoms with Crippen LogP contribution in [-0.4, -0.2) is 22.2 Å². The number of carbonyl (C=O) groups excluding carboxylic acids is 1. The summed E-state index contributed by atoms with van der Waals surface area (Å²) in [4.78, 5) is 11.8. The van der Waals surface area contributed by atoms with Gasteiger partial charge in [-0.25, -0.2) is 0 Å². The fourth-order valence-electron chi connectivity index (χ4n) is 3.97. The zero-order valence-electron chi connectivity index (χ0n) is 17.8. The molecule has 0 unspecified atom stereocenters. The van der Waals surface area contributed by atoms with Crippen LogP contribution < -0.4 is 0 Å². The monoisotopic (exact) mass is 413 g/mol. The lowest BCUT2D eigenvalue weighted by Gasteiger charge is -2.08. The van der Waals surface area contributed by atoms with Gasteiger partial charge in [0.15, 0.2) is 0 Å². The Hall–Kier alpha value is -3.53. The number of fused-ring (bicyclic) bond motifs is 1. The van der Waals surface area contributed by atoms with Crippen LogP contribution in [0.4, 0.5) is 0 Å². The first-order valence-corrected chi connectivity index (χ1v) is 10.8. The Kier molecular flexibility index (Phi) is 6.37. The Labute approximate surface area is 182 Å². The zero-order chi connectivity index (χ0) is 21.6. The van der Waals surface area contributed by atoms with Gasteiger partial charge in [-0.15, -0.1) is 0 Å². The second-order valence-electron chi connectivity index (χ2n) is 7.66. The second kappa shape index (κ2) is 9.52. The predicted octanol–water partition coefficient (Wildman–Crippen LogP) is 5.62. The largest absolute Gasteiger partial charge is 0.506 e. The van der Waals surface area contributed by atoms with Gasteiger partial charge in [-0.3, -0.25) is 4.79 Å². The van der Waals surface area contributed by atoms with Gasteiger partial charge in [0.05, 0.1) is 17.8 Å². The summed E-state index contributed by atoms with van der Waals surface area (Å²) in [5, 5.41) is 11.6. The smallest absolute Gasteiger partial charge is 0.306 e. The van der Waals surface area contributed by atoms with E-state index in [9.17, 15) is 9.90 Å². The summed E-state index contributed by atoms with van der Waals surface area (Å²) in [7, 11) is 0. The van der Waals surface area contributed by atoms with E-state index in [4.69, 9.17) is 4.74 Å². The molecule has 3 aromatic carbocycles. The molecule has 0 amide bonds. The summed E-state index contributed by atoms with van der Waals surface area (Å²) in [6, 6.07) is 24.1. The highest BCUT2D eigenvalue weighted by Crippen LogP contribution is 2.31. The molecule has 158 valence electrons. The Balaban J connectivity index is 1.69. The first kappa shape index (κ1) is 20.7. The van der Waals surface area contributed by atoms with Crippen molar-refractivity contribution in [3.63, 3.8) is 0 Å². The normalized spacial score (nSPS) is 11.0. The van der Waals surface area contributed by atoms with Crippen molar-refractivity contribution >= 4 is 16.9 Å². The zero-order valence-corrected chi connectivity index (χ0v) is 17.8. The number of aromatic hydroxyl groups is 1. The number of aryl methyl sites for hydroxylation is 3. The minimum atomic E-state index is -0.168. The molecule has 0 atom stereocenters. The minimum Gasteiger partial charge on any atom is -0.506 e. The Bertz CT molecular complexity index is 1180. The van der Waals surface area contributed by atoms with Gasteiger partial charge in [0.2, 0.25) is 0 Å². The molecule has 0 aliphatic carbocycles. The highest BCUT2D eigenvalue weighted by atomic mass is 16.5. The number of phenols is 1. The molecule has 4 nitrogen and oxygen atoms in total. The predicted molar refractivity (Wildman–Crippen MR) is 124 cm³/mol. The summed E-state index contributed by atoms with van der Waals surface area (Å²) in [6.45, 7) is 2.23. The van der Waals surface area contributed by atoms with Gasteiger partial charge in [-0.2, -0.15) is 0 Å². The summed E-state index contributed by atoms with van der Waals surface area (Å²) in [6.07, 6.45) is 4.97. The lowest BCUT2D eigenvalue weighted by atomic mass is 10.0. The van der Waals surface area contributed by atoms with Crippen molar-refractivity contribution in [1.29, 1.82) is 0 Å². The van der Waals surface area contributed by atoms with E-state index in [1.807, 2.05) is 31.2 Å². The van der Waals surface area contributed by atoms with E-state index in [2.05, 4.69) is 53.2 Å². The van der Waals surface area contributed by atoms with Gasteiger partial charge in [0, 0.05) is 18.0 Å². The molecule has 0 aliphatic heterocycles. The van der Waals surface area contributed by atoms with Gasteiger partial charge in [0.1, 0.15) is 5.75 Å². The van der Waals surface area contributed by atoms with Crippen molar-refractivity contribution in [3.05, 3.63) is 95.7 Å². The van der Waals surface area contributed by atoms with E-state index in [0.29, 0.717) is 19.4 Å². The fourth-order valence-corrected chi connectivity index (χ4v) is 3.97. The van der Waals surface area contributed by atoms with Crippen molar-refractivity contribution in [3.8, 4) is 11.4 Å². The number of para-hydroxylation sites is 2. The van der Waals surface area contributed by atoms with E-state index in [1.54, 1.807) is 6.07 Å². The first-order chi connectivity index (χ1) is 15.2. The van der Waals surface area contributed by atoms with Crippen LogP contribution in [0, 0.1) is 0 Å². The number of ether oxygens (including phenoxy) is 1. The number of hydrogen-bond acceptors (Lipinski definition) is 3. The summed E-state index contributed by atoms with van der Waals surface area (Å²) in [5.41, 5.74) is 5.43. The first-order valence-electron chi connectivity index (χ1n) is 10.8. The lowest BCUT2D eigenvalue weighted by Crippen LogP contribution is -2.05. The number of aromatic nitrogens is 1. The lowest BCUT2D eigenvalue weighted by molar-refractivity contribution is -0.143. The van der Waals surface area contributed by atoms with Crippen molar-refractivity contribution in [2.45, 2.75) is 32.6 Å². The molecule has 0 fully saturated rings.